The van der Waals surface area contributed by atoms with Crippen LogP contribution in [0.2, 0.25) is 0 Å². The summed E-state index contributed by atoms with van der Waals surface area (Å²) in [7, 11) is 0. The second kappa shape index (κ2) is 2.57. The highest BCUT2D eigenvalue weighted by Crippen LogP contribution is 2.02. The van der Waals surface area contributed by atoms with Crippen LogP contribution in [-0.2, 0) is 0 Å². The minimum Gasteiger partial charge on any atom is -0.295 e. The van der Waals surface area contributed by atoms with Crippen LogP contribution in [0.4, 0.5) is 0 Å². The number of hydrogen-bond acceptors (Lipinski definition) is 5. The fourth-order valence-corrected chi connectivity index (χ4v) is 0.748. The van der Waals surface area contributed by atoms with Gasteiger partial charge in [-0.3, -0.25) is 9.51 Å². The lowest BCUT2D eigenvalue weighted by molar-refractivity contribution is 0.387. The smallest absolute Gasteiger partial charge is 0.295 e. The van der Waals surface area contributed by atoms with Gasteiger partial charge in [-0.1, -0.05) is 5.16 Å². The Labute approximate surface area is 66.3 Å². The van der Waals surface area contributed by atoms with E-state index in [-0.39, 0.29) is 5.82 Å². The van der Waals surface area contributed by atoms with Gasteiger partial charge < -0.3 is 0 Å². The third-order valence-electron chi connectivity index (χ3n) is 1.22. The van der Waals surface area contributed by atoms with Crippen molar-refractivity contribution in [2.75, 3.05) is 0 Å². The van der Waals surface area contributed by atoms with Gasteiger partial charge in [-0.05, 0) is 6.07 Å². The topological polar surface area (TPSA) is 84.7 Å². The molecule has 0 fully saturated rings. The molecule has 1 N–H and O–H groups in total. The van der Waals surface area contributed by atoms with E-state index >= 15 is 0 Å². The maximum atomic E-state index is 10.5. The van der Waals surface area contributed by atoms with Gasteiger partial charge in [-0.25, -0.2) is 14.8 Å². The average molecular weight is 164 g/mol. The minimum absolute atomic E-state index is 0.237. The molecule has 2 aromatic rings. The minimum atomic E-state index is -0.613. The van der Waals surface area contributed by atoms with E-state index in [0.29, 0.717) is 5.82 Å². The Morgan fingerprint density at radius 1 is 1.33 bits per heavy atom. The Morgan fingerprint density at radius 3 is 2.67 bits per heavy atom. The van der Waals surface area contributed by atoms with Crippen LogP contribution in [-0.4, -0.2) is 20.1 Å². The van der Waals surface area contributed by atoms with E-state index in [2.05, 4.69) is 24.6 Å². The van der Waals surface area contributed by atoms with Gasteiger partial charge in [-0.2, -0.15) is 0 Å². The van der Waals surface area contributed by atoms with Crippen molar-refractivity contribution in [3.05, 3.63) is 29.0 Å². The summed E-state index contributed by atoms with van der Waals surface area (Å²) in [5.41, 5.74) is 0. The fourth-order valence-electron chi connectivity index (χ4n) is 0.748. The first-order valence-electron chi connectivity index (χ1n) is 3.19. The first kappa shape index (κ1) is 6.71. The summed E-state index contributed by atoms with van der Waals surface area (Å²) in [5.74, 6) is -0.0404. The molecule has 2 rings (SSSR count). The third kappa shape index (κ3) is 1.09. The Balaban J connectivity index is 2.51. The lowest BCUT2D eigenvalue weighted by Gasteiger charge is -1.88. The van der Waals surface area contributed by atoms with Crippen LogP contribution in [0.5, 0.6) is 0 Å². The molecule has 2 heterocycles. The van der Waals surface area contributed by atoms with Gasteiger partial charge in [0.05, 0.1) is 0 Å². The molecule has 0 aliphatic carbocycles. The fraction of sp³-hybridized carbons (Fsp3) is 0. The number of rotatable bonds is 1. The number of nitrogens with zero attached hydrogens (tertiary/aromatic N) is 3. The molecule has 0 saturated carbocycles. The van der Waals surface area contributed by atoms with Crippen molar-refractivity contribution in [3.8, 4) is 11.6 Å². The number of hydrogen-bond donors (Lipinski definition) is 1. The van der Waals surface area contributed by atoms with E-state index < -0.39 is 5.76 Å². The van der Waals surface area contributed by atoms with E-state index in [0.717, 1.165) is 0 Å². The molecular weight excluding hydrogens is 160 g/mol. The lowest BCUT2D eigenvalue weighted by Crippen LogP contribution is -1.96. The Kier molecular flexibility index (Phi) is 1.44. The number of nitrogens with one attached hydrogen (secondary N) is 1. The van der Waals surface area contributed by atoms with Crippen molar-refractivity contribution in [2.45, 2.75) is 0 Å². The van der Waals surface area contributed by atoms with E-state index in [1.165, 1.54) is 0 Å². The van der Waals surface area contributed by atoms with Crippen molar-refractivity contribution >= 4 is 0 Å². The number of aromatic amines is 1. The van der Waals surface area contributed by atoms with Crippen molar-refractivity contribution in [2.24, 2.45) is 0 Å². The van der Waals surface area contributed by atoms with Gasteiger partial charge >= 0.3 is 5.76 Å². The second-order valence-electron chi connectivity index (χ2n) is 2.02. The summed E-state index contributed by atoms with van der Waals surface area (Å²) in [6, 6.07) is 1.67. The molecule has 60 valence electrons. The standard InChI is InChI=1S/C6H4N4O2/c11-6-9-5(10-12-6)4-7-2-1-3-8-4/h1-3H,(H,9,10,11). The predicted octanol–water partition coefficient (Wildman–Crippen LogP) is -0.180. The molecular formula is C6H4N4O2. The SMILES string of the molecule is O=c1[nH]c(-c2ncccn2)no1. The van der Waals surface area contributed by atoms with Gasteiger partial charge in [0.25, 0.3) is 0 Å². The zero-order valence-electron chi connectivity index (χ0n) is 5.89. The summed E-state index contributed by atoms with van der Waals surface area (Å²) in [6.45, 7) is 0. The molecule has 0 bridgehead atoms. The maximum absolute atomic E-state index is 10.5. The quantitative estimate of drug-likeness (QED) is 0.631. The van der Waals surface area contributed by atoms with Crippen LogP contribution in [0.15, 0.2) is 27.8 Å². The largest absolute Gasteiger partial charge is 0.439 e. The zero-order chi connectivity index (χ0) is 8.39. The van der Waals surface area contributed by atoms with Crippen LogP contribution in [0.3, 0.4) is 0 Å². The van der Waals surface area contributed by atoms with Gasteiger partial charge in [0.15, 0.2) is 5.82 Å². The first-order valence-corrected chi connectivity index (χ1v) is 3.19. The third-order valence-corrected chi connectivity index (χ3v) is 1.22. The van der Waals surface area contributed by atoms with Gasteiger partial charge in [0.2, 0.25) is 5.82 Å². The number of aromatic nitrogens is 4. The predicted molar refractivity (Wildman–Crippen MR) is 38.1 cm³/mol. The molecule has 0 radical (unpaired) electrons. The molecule has 0 saturated heterocycles. The highest BCUT2D eigenvalue weighted by Gasteiger charge is 2.04. The summed E-state index contributed by atoms with van der Waals surface area (Å²) in [4.78, 5) is 20.6. The van der Waals surface area contributed by atoms with Crippen molar-refractivity contribution in [1.29, 1.82) is 0 Å². The molecule has 0 aliphatic heterocycles. The average Bonchev–Trinajstić information content (AvgIpc) is 2.54. The summed E-state index contributed by atoms with van der Waals surface area (Å²) >= 11 is 0. The summed E-state index contributed by atoms with van der Waals surface area (Å²) < 4.78 is 4.28. The molecule has 0 aliphatic rings. The molecule has 0 amide bonds. The van der Waals surface area contributed by atoms with Crippen molar-refractivity contribution in [3.63, 3.8) is 0 Å². The highest BCUT2D eigenvalue weighted by molar-refractivity contribution is 5.39. The molecule has 0 atom stereocenters. The maximum Gasteiger partial charge on any atom is 0.439 e. The van der Waals surface area contributed by atoms with Gasteiger partial charge in [-0.15, -0.1) is 0 Å². The normalized spacial score (nSPS) is 10.0. The second-order valence-corrected chi connectivity index (χ2v) is 2.02. The Bertz CT molecular complexity index is 418. The molecule has 6 nitrogen and oxygen atoms in total. The van der Waals surface area contributed by atoms with Crippen LogP contribution in [0.1, 0.15) is 0 Å². The van der Waals surface area contributed by atoms with E-state index in [1.807, 2.05) is 0 Å². The van der Waals surface area contributed by atoms with Crippen LogP contribution >= 0.6 is 0 Å². The van der Waals surface area contributed by atoms with Crippen LogP contribution in [0, 0.1) is 0 Å². The van der Waals surface area contributed by atoms with Gasteiger partial charge in [0, 0.05) is 12.4 Å². The van der Waals surface area contributed by atoms with Crippen LogP contribution in [0.25, 0.3) is 11.6 Å². The number of H-pyrrole nitrogens is 1. The highest BCUT2D eigenvalue weighted by atomic mass is 16.5. The molecule has 2 aromatic heterocycles. The van der Waals surface area contributed by atoms with E-state index in [1.54, 1.807) is 18.5 Å². The van der Waals surface area contributed by atoms with Crippen molar-refractivity contribution < 1.29 is 4.52 Å². The van der Waals surface area contributed by atoms with Crippen molar-refractivity contribution in [1.82, 2.24) is 20.1 Å². The van der Waals surface area contributed by atoms with E-state index in [4.69, 9.17) is 0 Å². The van der Waals surface area contributed by atoms with E-state index in [9.17, 15) is 4.79 Å². The first-order chi connectivity index (χ1) is 5.86. The Hall–Kier alpha value is -1.98. The molecule has 0 aromatic carbocycles. The van der Waals surface area contributed by atoms with Crippen LogP contribution < -0.4 is 5.76 Å². The molecule has 0 unspecified atom stereocenters. The Morgan fingerprint density at radius 2 is 2.08 bits per heavy atom. The molecule has 12 heavy (non-hydrogen) atoms. The lowest BCUT2D eigenvalue weighted by atomic mass is 10.5. The zero-order valence-corrected chi connectivity index (χ0v) is 5.89. The monoisotopic (exact) mass is 164 g/mol. The summed E-state index contributed by atoms with van der Waals surface area (Å²) in [5, 5.41) is 3.42. The molecule has 6 heteroatoms. The van der Waals surface area contributed by atoms with Gasteiger partial charge in [0.1, 0.15) is 0 Å². The summed E-state index contributed by atoms with van der Waals surface area (Å²) in [6.07, 6.45) is 3.10. The molecule has 0 spiro atoms.